The number of hydrogen-bond acceptors (Lipinski definition) is 8. The summed E-state index contributed by atoms with van der Waals surface area (Å²) in [5.74, 6) is -0.156. The minimum Gasteiger partial charge on any atom is -0.494 e. The van der Waals surface area contributed by atoms with Crippen LogP contribution in [0.3, 0.4) is 0 Å². The van der Waals surface area contributed by atoms with Crippen LogP contribution >= 0.6 is 11.3 Å². The van der Waals surface area contributed by atoms with Crippen LogP contribution in [-0.2, 0) is 22.5 Å². The Hall–Kier alpha value is -3.82. The number of carbonyl (C=O) groups is 2. The average Bonchev–Trinajstić information content (AvgIpc) is 3.39. The van der Waals surface area contributed by atoms with Gasteiger partial charge in [-0.15, -0.1) is 11.3 Å². The van der Waals surface area contributed by atoms with Gasteiger partial charge >= 0.3 is 5.97 Å². The molecule has 0 saturated carbocycles. The van der Waals surface area contributed by atoms with Gasteiger partial charge in [0.15, 0.2) is 11.7 Å². The van der Waals surface area contributed by atoms with Crippen LogP contribution < -0.4 is 10.1 Å². The Bertz CT molecular complexity index is 1450. The number of ether oxygens (including phenoxy) is 2. The number of esters is 1. The quantitative estimate of drug-likeness (QED) is 0.293. The lowest BCUT2D eigenvalue weighted by Crippen LogP contribution is -2.33. The Kier molecular flexibility index (Phi) is 7.95. The molecule has 0 atom stereocenters. The molecule has 0 radical (unpaired) electrons. The topological polar surface area (TPSA) is 93.7 Å². The van der Waals surface area contributed by atoms with E-state index in [0.717, 1.165) is 65.1 Å². The maximum absolute atomic E-state index is 13.3. The maximum atomic E-state index is 13.3. The first-order valence-corrected chi connectivity index (χ1v) is 13.7. The number of anilines is 1. The predicted octanol–water partition coefficient (Wildman–Crippen LogP) is 5.32. The van der Waals surface area contributed by atoms with Crippen molar-refractivity contribution in [2.75, 3.05) is 31.6 Å². The fraction of sp³-hybridized carbons (Fsp3) is 0.310. The van der Waals surface area contributed by atoms with Gasteiger partial charge in [-0.1, -0.05) is 25.1 Å². The first-order valence-electron chi connectivity index (χ1n) is 12.8. The number of nitrogens with zero attached hydrogens (tertiary/aromatic N) is 3. The smallest absolute Gasteiger partial charge is 0.339 e. The van der Waals surface area contributed by atoms with E-state index in [0.29, 0.717) is 23.8 Å². The normalized spacial score (nSPS) is 13.2. The van der Waals surface area contributed by atoms with Crippen LogP contribution in [0.5, 0.6) is 5.75 Å². The number of para-hydroxylation sites is 1. The third-order valence-electron chi connectivity index (χ3n) is 6.42. The summed E-state index contributed by atoms with van der Waals surface area (Å²) in [5, 5.41) is 5.80. The summed E-state index contributed by atoms with van der Waals surface area (Å²) in [7, 11) is 0. The summed E-state index contributed by atoms with van der Waals surface area (Å²) < 4.78 is 11.0. The highest BCUT2D eigenvalue weighted by molar-refractivity contribution is 7.14. The molecule has 0 aliphatic carbocycles. The van der Waals surface area contributed by atoms with E-state index in [9.17, 15) is 9.59 Å². The van der Waals surface area contributed by atoms with Crippen LogP contribution in [0.15, 0.2) is 53.9 Å². The molecule has 1 aliphatic rings. The summed E-state index contributed by atoms with van der Waals surface area (Å²) in [5.41, 5.74) is 4.76. The summed E-state index contributed by atoms with van der Waals surface area (Å²) in [6.07, 6.45) is 1.81. The van der Waals surface area contributed by atoms with Crippen LogP contribution in [-0.4, -0.2) is 53.0 Å². The van der Waals surface area contributed by atoms with Crippen LogP contribution in [0.25, 0.3) is 22.2 Å². The molecule has 1 N–H and O–H groups in total. The highest BCUT2D eigenvalue weighted by atomic mass is 32.1. The third kappa shape index (κ3) is 5.69. The van der Waals surface area contributed by atoms with Gasteiger partial charge in [0.1, 0.15) is 5.75 Å². The van der Waals surface area contributed by atoms with Crippen molar-refractivity contribution in [1.29, 1.82) is 0 Å². The Morgan fingerprint density at radius 3 is 2.68 bits per heavy atom. The van der Waals surface area contributed by atoms with E-state index in [1.807, 2.05) is 60.8 Å². The zero-order chi connectivity index (χ0) is 26.5. The van der Waals surface area contributed by atoms with Crippen LogP contribution in [0, 0.1) is 0 Å². The zero-order valence-electron chi connectivity index (χ0n) is 21.5. The average molecular weight is 531 g/mol. The summed E-state index contributed by atoms with van der Waals surface area (Å²) in [6, 6.07) is 15.2. The van der Waals surface area contributed by atoms with E-state index >= 15 is 0 Å². The monoisotopic (exact) mass is 530 g/mol. The molecule has 3 heterocycles. The molecule has 5 rings (SSSR count). The van der Waals surface area contributed by atoms with Crippen molar-refractivity contribution in [3.05, 3.63) is 70.7 Å². The van der Waals surface area contributed by atoms with Gasteiger partial charge in [-0.05, 0) is 50.2 Å². The van der Waals surface area contributed by atoms with Crippen LogP contribution in [0.4, 0.5) is 5.13 Å². The number of pyridine rings is 1. The molecule has 4 aromatic rings. The zero-order valence-corrected chi connectivity index (χ0v) is 22.3. The van der Waals surface area contributed by atoms with Gasteiger partial charge < -0.3 is 9.47 Å². The predicted molar refractivity (Wildman–Crippen MR) is 149 cm³/mol. The lowest BCUT2D eigenvalue weighted by atomic mass is 9.95. The van der Waals surface area contributed by atoms with Crippen molar-refractivity contribution in [2.24, 2.45) is 0 Å². The van der Waals surface area contributed by atoms with Crippen LogP contribution in [0.1, 0.15) is 41.9 Å². The summed E-state index contributed by atoms with van der Waals surface area (Å²) in [4.78, 5) is 37.6. The van der Waals surface area contributed by atoms with Crippen molar-refractivity contribution in [3.63, 3.8) is 0 Å². The molecule has 1 aliphatic heterocycles. The minimum atomic E-state index is -0.512. The molecule has 2 aromatic carbocycles. The number of thiazole rings is 1. The number of aromatic nitrogens is 2. The van der Waals surface area contributed by atoms with Crippen molar-refractivity contribution in [2.45, 2.75) is 33.2 Å². The molecule has 0 fully saturated rings. The Labute approximate surface area is 225 Å². The number of fused-ring (bicyclic) bond motifs is 2. The van der Waals surface area contributed by atoms with E-state index in [2.05, 4.69) is 22.1 Å². The second-order valence-corrected chi connectivity index (χ2v) is 9.93. The summed E-state index contributed by atoms with van der Waals surface area (Å²) >= 11 is 1.31. The highest BCUT2D eigenvalue weighted by Gasteiger charge is 2.26. The molecule has 8 nitrogen and oxygen atoms in total. The van der Waals surface area contributed by atoms with E-state index in [4.69, 9.17) is 14.5 Å². The molecule has 0 spiro atoms. The lowest BCUT2D eigenvalue weighted by molar-refractivity contribution is -0.119. The van der Waals surface area contributed by atoms with Gasteiger partial charge in [-0.3, -0.25) is 20.0 Å². The highest BCUT2D eigenvalue weighted by Crippen LogP contribution is 2.29. The molecule has 9 heteroatoms. The molecule has 1 amide bonds. The Morgan fingerprint density at radius 2 is 1.89 bits per heavy atom. The number of amides is 1. The third-order valence-corrected chi connectivity index (χ3v) is 7.17. The number of rotatable bonds is 9. The largest absolute Gasteiger partial charge is 0.494 e. The van der Waals surface area contributed by atoms with E-state index < -0.39 is 18.5 Å². The molecule has 2 aromatic heterocycles. The standard InChI is InChI=1S/C29H30N4O4S/c1-3-14-33-15-13-24-22(16-33)27(21-7-5-6-8-23(21)30-24)28(35)37-17-26(34)32-29-31-25(18-38-29)19-9-11-20(12-10-19)36-4-2/h5-12,18H,3-4,13-17H2,1-2H3,(H,31,32,34). The van der Waals surface area contributed by atoms with E-state index in [1.165, 1.54) is 11.3 Å². The second-order valence-electron chi connectivity index (χ2n) is 9.07. The number of hydrogen-bond donors (Lipinski definition) is 1. The van der Waals surface area contributed by atoms with Gasteiger partial charge in [-0.2, -0.15) is 0 Å². The van der Waals surface area contributed by atoms with Crippen molar-refractivity contribution >= 4 is 39.2 Å². The van der Waals surface area contributed by atoms with Crippen molar-refractivity contribution in [1.82, 2.24) is 14.9 Å². The minimum absolute atomic E-state index is 0.402. The first kappa shape index (κ1) is 25.8. The van der Waals surface area contributed by atoms with Gasteiger partial charge in [0.2, 0.25) is 0 Å². The van der Waals surface area contributed by atoms with Crippen molar-refractivity contribution in [3.8, 4) is 17.0 Å². The summed E-state index contributed by atoms with van der Waals surface area (Å²) in [6.45, 7) is 6.80. The fourth-order valence-corrected chi connectivity index (χ4v) is 5.43. The van der Waals surface area contributed by atoms with Gasteiger partial charge in [0.25, 0.3) is 5.91 Å². The van der Waals surface area contributed by atoms with Crippen molar-refractivity contribution < 1.29 is 19.1 Å². The molecule has 0 saturated heterocycles. The SMILES string of the molecule is CCCN1CCc2nc3ccccc3c(C(=O)OCC(=O)Nc3nc(-c4ccc(OCC)cc4)cs3)c2C1. The van der Waals surface area contributed by atoms with Gasteiger partial charge in [0.05, 0.1) is 23.4 Å². The van der Waals surface area contributed by atoms with Crippen LogP contribution in [0.2, 0.25) is 0 Å². The number of nitrogens with one attached hydrogen (secondary N) is 1. The number of carbonyl (C=O) groups excluding carboxylic acids is 2. The van der Waals surface area contributed by atoms with Gasteiger partial charge in [-0.25, -0.2) is 9.78 Å². The second kappa shape index (κ2) is 11.7. The molecule has 38 heavy (non-hydrogen) atoms. The molecular formula is C29H30N4O4S. The Morgan fingerprint density at radius 1 is 1.08 bits per heavy atom. The molecule has 0 unspecified atom stereocenters. The Balaban J connectivity index is 1.27. The molecule has 196 valence electrons. The molecule has 0 bridgehead atoms. The fourth-order valence-electron chi connectivity index (χ4n) is 4.70. The van der Waals surface area contributed by atoms with Gasteiger partial charge in [0, 0.05) is 47.1 Å². The lowest BCUT2D eigenvalue weighted by Gasteiger charge is -2.29. The molecular weight excluding hydrogens is 500 g/mol. The maximum Gasteiger partial charge on any atom is 0.339 e. The van der Waals surface area contributed by atoms with E-state index in [1.54, 1.807) is 0 Å². The van der Waals surface area contributed by atoms with E-state index in [-0.39, 0.29) is 0 Å². The first-order chi connectivity index (χ1) is 18.6. The number of benzene rings is 2.